The summed E-state index contributed by atoms with van der Waals surface area (Å²) in [6.07, 6.45) is 6.50. The first-order valence-corrected chi connectivity index (χ1v) is 7.28. The van der Waals surface area contributed by atoms with Crippen molar-refractivity contribution in [2.75, 3.05) is 32.8 Å². The van der Waals surface area contributed by atoms with Gasteiger partial charge in [0, 0.05) is 32.5 Å². The second kappa shape index (κ2) is 4.87. The molecule has 3 nitrogen and oxygen atoms in total. The van der Waals surface area contributed by atoms with E-state index in [1.54, 1.807) is 0 Å². The average molecular weight is 239 g/mol. The van der Waals surface area contributed by atoms with E-state index in [0.717, 1.165) is 51.0 Å². The Bertz CT molecular complexity index is 249. The fraction of sp³-hybridized carbons (Fsp3) is 1.00. The van der Waals surface area contributed by atoms with Crippen molar-refractivity contribution in [1.29, 1.82) is 0 Å². The largest absolute Gasteiger partial charge is 0.347 e. The maximum Gasteiger partial charge on any atom is 0.170 e. The highest BCUT2D eigenvalue weighted by molar-refractivity contribution is 4.84. The quantitative estimate of drug-likeness (QED) is 0.754. The molecule has 2 heterocycles. The van der Waals surface area contributed by atoms with E-state index in [2.05, 4.69) is 11.8 Å². The van der Waals surface area contributed by atoms with E-state index < -0.39 is 0 Å². The van der Waals surface area contributed by atoms with Crippen LogP contribution in [0.25, 0.3) is 0 Å². The zero-order valence-electron chi connectivity index (χ0n) is 11.0. The van der Waals surface area contributed by atoms with Gasteiger partial charge in [-0.15, -0.1) is 0 Å². The molecule has 0 aromatic rings. The number of rotatable bonds is 3. The van der Waals surface area contributed by atoms with Crippen LogP contribution in [0, 0.1) is 11.8 Å². The van der Waals surface area contributed by atoms with Gasteiger partial charge in [-0.1, -0.05) is 26.2 Å². The summed E-state index contributed by atoms with van der Waals surface area (Å²) in [5, 5.41) is 0. The Morgan fingerprint density at radius 1 is 1.18 bits per heavy atom. The predicted octanol–water partition coefficient (Wildman–Crippen LogP) is 2.26. The Kier molecular flexibility index (Phi) is 3.42. The van der Waals surface area contributed by atoms with Crippen LogP contribution in [-0.2, 0) is 9.47 Å². The Labute approximate surface area is 104 Å². The number of hydrogen-bond acceptors (Lipinski definition) is 3. The zero-order valence-corrected chi connectivity index (χ0v) is 11.0. The van der Waals surface area contributed by atoms with Crippen molar-refractivity contribution in [1.82, 2.24) is 4.90 Å². The van der Waals surface area contributed by atoms with Crippen molar-refractivity contribution in [3.8, 4) is 0 Å². The van der Waals surface area contributed by atoms with Gasteiger partial charge in [-0.3, -0.25) is 0 Å². The van der Waals surface area contributed by atoms with Crippen LogP contribution in [0.3, 0.4) is 0 Å². The van der Waals surface area contributed by atoms with Gasteiger partial charge in [-0.05, 0) is 11.8 Å². The van der Waals surface area contributed by atoms with Crippen LogP contribution < -0.4 is 0 Å². The van der Waals surface area contributed by atoms with Crippen LogP contribution in [-0.4, -0.2) is 43.5 Å². The van der Waals surface area contributed by atoms with Gasteiger partial charge in [-0.2, -0.15) is 0 Å². The molecule has 1 unspecified atom stereocenters. The van der Waals surface area contributed by atoms with Crippen molar-refractivity contribution in [2.24, 2.45) is 11.8 Å². The summed E-state index contributed by atoms with van der Waals surface area (Å²) in [6, 6.07) is 0. The summed E-state index contributed by atoms with van der Waals surface area (Å²) >= 11 is 0. The van der Waals surface area contributed by atoms with E-state index >= 15 is 0 Å². The van der Waals surface area contributed by atoms with Crippen molar-refractivity contribution >= 4 is 0 Å². The number of hydrogen-bond donors (Lipinski definition) is 0. The molecule has 3 rings (SSSR count). The molecule has 17 heavy (non-hydrogen) atoms. The Morgan fingerprint density at radius 3 is 2.35 bits per heavy atom. The maximum atomic E-state index is 5.77. The number of ether oxygens (including phenoxy) is 2. The molecule has 98 valence electrons. The molecular weight excluding hydrogens is 214 g/mol. The smallest absolute Gasteiger partial charge is 0.170 e. The standard InChI is InChI=1S/C14H25NO2/c1-12(13-3-2-4-13)11-15-7-5-14(6-8-15)16-9-10-17-14/h12-13H,2-11H2,1H3. The van der Waals surface area contributed by atoms with E-state index in [4.69, 9.17) is 9.47 Å². The Balaban J connectivity index is 1.44. The molecule has 1 spiro atoms. The van der Waals surface area contributed by atoms with E-state index in [1.807, 2.05) is 0 Å². The Morgan fingerprint density at radius 2 is 1.82 bits per heavy atom. The van der Waals surface area contributed by atoms with Crippen molar-refractivity contribution in [2.45, 2.75) is 44.8 Å². The van der Waals surface area contributed by atoms with Crippen LogP contribution in [0.1, 0.15) is 39.0 Å². The van der Waals surface area contributed by atoms with Crippen LogP contribution in [0.5, 0.6) is 0 Å². The second-order valence-corrected chi connectivity index (χ2v) is 6.08. The summed E-state index contributed by atoms with van der Waals surface area (Å²) in [5.41, 5.74) is 0. The molecule has 3 heteroatoms. The molecule has 2 saturated heterocycles. The van der Waals surface area contributed by atoms with Gasteiger partial charge in [0.05, 0.1) is 13.2 Å². The number of piperidine rings is 1. The van der Waals surface area contributed by atoms with Crippen LogP contribution in [0.2, 0.25) is 0 Å². The molecular formula is C14H25NO2. The van der Waals surface area contributed by atoms with Gasteiger partial charge in [0.2, 0.25) is 0 Å². The van der Waals surface area contributed by atoms with Gasteiger partial charge in [-0.25, -0.2) is 0 Å². The Hall–Kier alpha value is -0.120. The summed E-state index contributed by atoms with van der Waals surface area (Å²) in [4.78, 5) is 2.61. The topological polar surface area (TPSA) is 21.7 Å². The van der Waals surface area contributed by atoms with Crippen LogP contribution in [0.4, 0.5) is 0 Å². The summed E-state index contributed by atoms with van der Waals surface area (Å²) in [6.45, 7) is 7.59. The van der Waals surface area contributed by atoms with Gasteiger partial charge in [0.25, 0.3) is 0 Å². The predicted molar refractivity (Wildman–Crippen MR) is 66.8 cm³/mol. The molecule has 0 N–H and O–H groups in total. The molecule has 0 amide bonds. The van der Waals surface area contributed by atoms with Gasteiger partial charge >= 0.3 is 0 Å². The fourth-order valence-corrected chi connectivity index (χ4v) is 3.43. The summed E-state index contributed by atoms with van der Waals surface area (Å²) in [5.74, 6) is 1.68. The lowest BCUT2D eigenvalue weighted by molar-refractivity contribution is -0.186. The van der Waals surface area contributed by atoms with Crippen molar-refractivity contribution < 1.29 is 9.47 Å². The monoisotopic (exact) mass is 239 g/mol. The molecule has 0 radical (unpaired) electrons. The van der Waals surface area contributed by atoms with E-state index in [0.29, 0.717) is 0 Å². The molecule has 0 aromatic heterocycles. The molecule has 1 saturated carbocycles. The number of nitrogens with zero attached hydrogens (tertiary/aromatic N) is 1. The minimum Gasteiger partial charge on any atom is -0.347 e. The van der Waals surface area contributed by atoms with Crippen LogP contribution in [0.15, 0.2) is 0 Å². The SMILES string of the molecule is CC(CN1CCC2(CC1)OCCO2)C1CCC1. The average Bonchev–Trinajstić information content (AvgIpc) is 2.68. The summed E-state index contributed by atoms with van der Waals surface area (Å²) < 4.78 is 11.5. The highest BCUT2D eigenvalue weighted by Crippen LogP contribution is 2.35. The van der Waals surface area contributed by atoms with Crippen molar-refractivity contribution in [3.63, 3.8) is 0 Å². The first kappa shape index (κ1) is 11.9. The molecule has 1 atom stereocenters. The molecule has 0 bridgehead atoms. The molecule has 1 aliphatic carbocycles. The summed E-state index contributed by atoms with van der Waals surface area (Å²) in [7, 11) is 0. The van der Waals surface area contributed by atoms with Crippen molar-refractivity contribution in [3.05, 3.63) is 0 Å². The molecule has 2 aliphatic heterocycles. The van der Waals surface area contributed by atoms with E-state index in [-0.39, 0.29) is 5.79 Å². The highest BCUT2D eigenvalue weighted by Gasteiger charge is 2.40. The van der Waals surface area contributed by atoms with Crippen LogP contribution >= 0.6 is 0 Å². The second-order valence-electron chi connectivity index (χ2n) is 6.08. The lowest BCUT2D eigenvalue weighted by atomic mass is 9.76. The maximum absolute atomic E-state index is 5.77. The van der Waals surface area contributed by atoms with Gasteiger partial charge < -0.3 is 14.4 Å². The third kappa shape index (κ3) is 2.51. The van der Waals surface area contributed by atoms with Gasteiger partial charge in [0.15, 0.2) is 5.79 Å². The lowest BCUT2D eigenvalue weighted by Gasteiger charge is -2.40. The van der Waals surface area contributed by atoms with Gasteiger partial charge in [0.1, 0.15) is 0 Å². The van der Waals surface area contributed by atoms with E-state index in [1.165, 1.54) is 25.8 Å². The first-order chi connectivity index (χ1) is 8.27. The normalized spacial score (nSPS) is 31.6. The minimum atomic E-state index is -0.198. The molecule has 3 aliphatic rings. The fourth-order valence-electron chi connectivity index (χ4n) is 3.43. The zero-order chi connectivity index (χ0) is 11.7. The minimum absolute atomic E-state index is 0.198. The molecule has 0 aromatic carbocycles. The lowest BCUT2D eigenvalue weighted by Crippen LogP contribution is -2.47. The third-order valence-electron chi connectivity index (χ3n) is 4.93. The van der Waals surface area contributed by atoms with E-state index in [9.17, 15) is 0 Å². The third-order valence-corrected chi connectivity index (χ3v) is 4.93. The first-order valence-electron chi connectivity index (χ1n) is 7.28. The molecule has 3 fully saturated rings. The number of likely N-dealkylation sites (tertiary alicyclic amines) is 1. The highest BCUT2D eigenvalue weighted by atomic mass is 16.7.